The summed E-state index contributed by atoms with van der Waals surface area (Å²) in [5.41, 5.74) is 1.54. The van der Waals surface area contributed by atoms with E-state index in [0.717, 1.165) is 5.56 Å². The summed E-state index contributed by atoms with van der Waals surface area (Å²) in [5, 5.41) is 10.0. The van der Waals surface area contributed by atoms with Crippen molar-refractivity contribution in [3.8, 4) is 5.75 Å². The molecule has 0 radical (unpaired) electrons. The van der Waals surface area contributed by atoms with E-state index in [1.807, 2.05) is 20.8 Å². The zero-order chi connectivity index (χ0) is 20.5. The Hall–Kier alpha value is -2.58. The number of nitrogens with one attached hydrogen (secondary N) is 2. The molecule has 2 heterocycles. The number of aromatic nitrogens is 2. The molecule has 1 aromatic heterocycles. The fourth-order valence-corrected chi connectivity index (χ4v) is 3.16. The van der Waals surface area contributed by atoms with Crippen LogP contribution in [0.3, 0.4) is 0 Å². The van der Waals surface area contributed by atoms with Gasteiger partial charge in [0.05, 0.1) is 18.4 Å². The molecule has 2 aromatic rings. The first kappa shape index (κ1) is 22.7. The van der Waals surface area contributed by atoms with Gasteiger partial charge in [0.25, 0.3) is 0 Å². The molecular weight excluding hydrogens is 394 g/mol. The zero-order valence-corrected chi connectivity index (χ0v) is 18.2. The van der Waals surface area contributed by atoms with Gasteiger partial charge in [0.1, 0.15) is 18.4 Å². The Labute approximate surface area is 177 Å². The number of rotatable bonds is 4. The average Bonchev–Trinajstić information content (AvgIpc) is 3.06. The Bertz CT molecular complexity index is 890. The Morgan fingerprint density at radius 3 is 2.59 bits per heavy atom. The Kier molecular flexibility index (Phi) is 6.92. The van der Waals surface area contributed by atoms with Gasteiger partial charge in [-0.2, -0.15) is 5.10 Å². The van der Waals surface area contributed by atoms with Crippen LogP contribution in [0.15, 0.2) is 30.6 Å². The van der Waals surface area contributed by atoms with Crippen molar-refractivity contribution in [1.82, 2.24) is 15.1 Å². The van der Waals surface area contributed by atoms with E-state index in [9.17, 15) is 9.59 Å². The quantitative estimate of drug-likeness (QED) is 0.791. The molecule has 1 aliphatic heterocycles. The number of halogens is 1. The number of ether oxygens (including phenoxy) is 1. The van der Waals surface area contributed by atoms with E-state index >= 15 is 0 Å². The van der Waals surface area contributed by atoms with Crippen molar-refractivity contribution in [1.29, 1.82) is 0 Å². The molecule has 0 bridgehead atoms. The smallest absolute Gasteiger partial charge is 0.246 e. The standard InChI is InChI=1S/C20H27N5O3.ClH/c1-20(2,3)19(27)25-8-9-28-16-7-6-14(10-15(16)25)23-18(26)17(21-4)13-11-22-24(5)12-13;/h6-7,10-12,17,21H,8-9H2,1-5H3,(H,23,26);1H. The molecule has 2 N–H and O–H groups in total. The van der Waals surface area contributed by atoms with Crippen LogP contribution in [0, 0.1) is 5.41 Å². The number of anilines is 2. The first-order valence-corrected chi connectivity index (χ1v) is 9.26. The number of amides is 2. The lowest BCUT2D eigenvalue weighted by Gasteiger charge is -2.34. The van der Waals surface area contributed by atoms with Gasteiger partial charge in [0.2, 0.25) is 11.8 Å². The fourth-order valence-electron chi connectivity index (χ4n) is 3.16. The lowest BCUT2D eigenvalue weighted by molar-refractivity contribution is -0.126. The maximum Gasteiger partial charge on any atom is 0.246 e. The van der Waals surface area contributed by atoms with E-state index in [4.69, 9.17) is 4.74 Å². The molecular formula is C20H28ClN5O3. The first-order chi connectivity index (χ1) is 13.2. The highest BCUT2D eigenvalue weighted by Crippen LogP contribution is 2.36. The maximum absolute atomic E-state index is 12.8. The number of benzene rings is 1. The second-order valence-corrected chi connectivity index (χ2v) is 7.90. The fraction of sp³-hybridized carbons (Fsp3) is 0.450. The minimum Gasteiger partial charge on any atom is -0.490 e. The van der Waals surface area contributed by atoms with Crippen molar-refractivity contribution >= 4 is 35.6 Å². The summed E-state index contributed by atoms with van der Waals surface area (Å²) >= 11 is 0. The molecule has 0 saturated heterocycles. The van der Waals surface area contributed by atoms with E-state index in [1.165, 1.54) is 0 Å². The molecule has 158 valence electrons. The molecule has 0 spiro atoms. The third kappa shape index (κ3) is 4.89. The molecule has 0 fully saturated rings. The molecule has 0 aliphatic carbocycles. The molecule has 1 aromatic carbocycles. The summed E-state index contributed by atoms with van der Waals surface area (Å²) in [6.45, 7) is 6.60. The molecule has 1 atom stereocenters. The van der Waals surface area contributed by atoms with Crippen LogP contribution in [0.5, 0.6) is 5.75 Å². The highest BCUT2D eigenvalue weighted by molar-refractivity contribution is 6.00. The zero-order valence-electron chi connectivity index (χ0n) is 17.4. The summed E-state index contributed by atoms with van der Waals surface area (Å²) in [5.74, 6) is 0.448. The minimum absolute atomic E-state index is 0. The number of fused-ring (bicyclic) bond motifs is 1. The van der Waals surface area contributed by atoms with E-state index in [1.54, 1.807) is 54.3 Å². The van der Waals surface area contributed by atoms with Gasteiger partial charge in [0.15, 0.2) is 0 Å². The van der Waals surface area contributed by atoms with Crippen LogP contribution in [0.2, 0.25) is 0 Å². The summed E-state index contributed by atoms with van der Waals surface area (Å²) in [6.07, 6.45) is 3.45. The van der Waals surface area contributed by atoms with Crippen LogP contribution in [0.1, 0.15) is 32.4 Å². The van der Waals surface area contributed by atoms with Gasteiger partial charge in [-0.05, 0) is 25.2 Å². The summed E-state index contributed by atoms with van der Waals surface area (Å²) in [6, 6.07) is 4.81. The lowest BCUT2D eigenvalue weighted by atomic mass is 9.94. The van der Waals surface area contributed by atoms with Gasteiger partial charge in [0, 0.05) is 29.9 Å². The van der Waals surface area contributed by atoms with Gasteiger partial charge in [-0.25, -0.2) is 0 Å². The molecule has 2 amide bonds. The van der Waals surface area contributed by atoms with Crippen LogP contribution >= 0.6 is 12.4 Å². The number of hydrogen-bond donors (Lipinski definition) is 2. The van der Waals surface area contributed by atoms with Crippen LogP contribution in [-0.4, -0.2) is 41.8 Å². The maximum atomic E-state index is 12.8. The number of aryl methyl sites for hydroxylation is 1. The number of likely N-dealkylation sites (N-methyl/N-ethyl adjacent to an activating group) is 1. The predicted octanol–water partition coefficient (Wildman–Crippen LogP) is 2.51. The van der Waals surface area contributed by atoms with E-state index in [-0.39, 0.29) is 24.2 Å². The molecule has 3 rings (SSSR count). The van der Waals surface area contributed by atoms with Crippen molar-refractivity contribution in [3.05, 3.63) is 36.2 Å². The molecule has 8 nitrogen and oxygen atoms in total. The highest BCUT2D eigenvalue weighted by Gasteiger charge is 2.32. The summed E-state index contributed by atoms with van der Waals surface area (Å²) in [4.78, 5) is 27.3. The van der Waals surface area contributed by atoms with E-state index in [0.29, 0.717) is 30.3 Å². The first-order valence-electron chi connectivity index (χ1n) is 9.26. The molecule has 1 aliphatic rings. The van der Waals surface area contributed by atoms with Gasteiger partial charge in [-0.15, -0.1) is 12.4 Å². The predicted molar refractivity (Wildman–Crippen MR) is 115 cm³/mol. The number of hydrogen-bond acceptors (Lipinski definition) is 5. The van der Waals surface area contributed by atoms with Crippen molar-refractivity contribution in [3.63, 3.8) is 0 Å². The third-order valence-corrected chi connectivity index (χ3v) is 4.59. The van der Waals surface area contributed by atoms with Crippen LogP contribution in [-0.2, 0) is 16.6 Å². The van der Waals surface area contributed by atoms with Crippen molar-refractivity contribution in [2.45, 2.75) is 26.8 Å². The van der Waals surface area contributed by atoms with Gasteiger partial charge < -0.3 is 20.3 Å². The van der Waals surface area contributed by atoms with E-state index in [2.05, 4.69) is 15.7 Å². The van der Waals surface area contributed by atoms with Crippen molar-refractivity contribution in [2.75, 3.05) is 30.4 Å². The SMILES string of the molecule is CNC(C(=O)Nc1ccc2c(c1)N(C(=O)C(C)(C)C)CCO2)c1cnn(C)c1.Cl. The van der Waals surface area contributed by atoms with Crippen molar-refractivity contribution < 1.29 is 14.3 Å². The Balaban J connectivity index is 0.00000300. The largest absolute Gasteiger partial charge is 0.490 e. The van der Waals surface area contributed by atoms with Gasteiger partial charge in [-0.1, -0.05) is 20.8 Å². The average molecular weight is 422 g/mol. The van der Waals surface area contributed by atoms with Crippen LogP contribution in [0.4, 0.5) is 11.4 Å². The Morgan fingerprint density at radius 2 is 2.00 bits per heavy atom. The Morgan fingerprint density at radius 1 is 1.28 bits per heavy atom. The monoisotopic (exact) mass is 421 g/mol. The molecule has 1 unspecified atom stereocenters. The molecule has 29 heavy (non-hydrogen) atoms. The van der Waals surface area contributed by atoms with E-state index < -0.39 is 11.5 Å². The van der Waals surface area contributed by atoms with Gasteiger partial charge >= 0.3 is 0 Å². The van der Waals surface area contributed by atoms with Crippen LogP contribution < -0.4 is 20.3 Å². The van der Waals surface area contributed by atoms with Gasteiger partial charge in [-0.3, -0.25) is 14.3 Å². The van der Waals surface area contributed by atoms with Crippen LogP contribution in [0.25, 0.3) is 0 Å². The molecule has 0 saturated carbocycles. The number of carbonyl (C=O) groups is 2. The summed E-state index contributed by atoms with van der Waals surface area (Å²) < 4.78 is 7.34. The topological polar surface area (TPSA) is 88.5 Å². The number of carbonyl (C=O) groups excluding carboxylic acids is 2. The summed E-state index contributed by atoms with van der Waals surface area (Å²) in [7, 11) is 3.53. The number of nitrogens with zero attached hydrogens (tertiary/aromatic N) is 3. The second-order valence-electron chi connectivity index (χ2n) is 7.90. The normalized spacial score (nSPS) is 14.3. The third-order valence-electron chi connectivity index (χ3n) is 4.59. The second kappa shape index (κ2) is 8.84. The highest BCUT2D eigenvalue weighted by atomic mass is 35.5. The van der Waals surface area contributed by atoms with Crippen molar-refractivity contribution in [2.24, 2.45) is 12.5 Å². The molecule has 9 heteroatoms. The lowest BCUT2D eigenvalue weighted by Crippen LogP contribution is -2.44. The minimum atomic E-state index is -0.534.